The zero-order valence-corrected chi connectivity index (χ0v) is 19.0. The molecule has 0 aliphatic carbocycles. The van der Waals surface area contributed by atoms with Crippen LogP contribution in [0.4, 0.5) is 0 Å². The maximum atomic E-state index is 12.8. The summed E-state index contributed by atoms with van der Waals surface area (Å²) in [6.07, 6.45) is 5.27. The molecule has 4 nitrogen and oxygen atoms in total. The van der Waals surface area contributed by atoms with Gasteiger partial charge in [-0.05, 0) is 61.9 Å². The van der Waals surface area contributed by atoms with Crippen LogP contribution in [0.3, 0.4) is 0 Å². The Kier molecular flexibility index (Phi) is 7.65. The molecule has 2 heterocycles. The molecule has 1 aliphatic heterocycles. The van der Waals surface area contributed by atoms with Crippen LogP contribution in [0.5, 0.6) is 0 Å². The largest absolute Gasteiger partial charge is 0.347 e. The average Bonchev–Trinajstić information content (AvgIpc) is 2.76. The molecule has 0 unspecified atom stereocenters. The molecule has 0 saturated carbocycles. The SMILES string of the molecule is C[C@H](CCN1CCC[C@H]([C@H](NC(=O)C(C)(C)C)c2ccccn2)C1)c1ccccc1. The molecule has 4 heteroatoms. The van der Waals surface area contributed by atoms with Gasteiger partial charge >= 0.3 is 0 Å². The van der Waals surface area contributed by atoms with E-state index in [4.69, 9.17) is 0 Å². The zero-order valence-electron chi connectivity index (χ0n) is 19.0. The molecule has 30 heavy (non-hydrogen) atoms. The van der Waals surface area contributed by atoms with Gasteiger partial charge in [-0.1, -0.05) is 64.1 Å². The van der Waals surface area contributed by atoms with E-state index in [-0.39, 0.29) is 11.9 Å². The lowest BCUT2D eigenvalue weighted by atomic mass is 9.86. The van der Waals surface area contributed by atoms with Gasteiger partial charge in [-0.15, -0.1) is 0 Å². The number of amides is 1. The van der Waals surface area contributed by atoms with Gasteiger partial charge in [0.05, 0.1) is 11.7 Å². The molecular formula is C26H37N3O. The van der Waals surface area contributed by atoms with Crippen LogP contribution in [0.2, 0.25) is 0 Å². The highest BCUT2D eigenvalue weighted by Gasteiger charge is 2.33. The summed E-state index contributed by atoms with van der Waals surface area (Å²) in [6.45, 7) is 11.5. The molecule has 1 aromatic carbocycles. The number of rotatable bonds is 7. The number of carbonyl (C=O) groups is 1. The predicted molar refractivity (Wildman–Crippen MR) is 123 cm³/mol. The van der Waals surface area contributed by atoms with E-state index in [0.29, 0.717) is 11.8 Å². The minimum atomic E-state index is -0.410. The summed E-state index contributed by atoms with van der Waals surface area (Å²) < 4.78 is 0. The van der Waals surface area contributed by atoms with E-state index in [1.54, 1.807) is 0 Å². The summed E-state index contributed by atoms with van der Waals surface area (Å²) in [6, 6.07) is 16.7. The monoisotopic (exact) mass is 407 g/mol. The number of hydrogen-bond donors (Lipinski definition) is 1. The van der Waals surface area contributed by atoms with Crippen molar-refractivity contribution in [1.82, 2.24) is 15.2 Å². The lowest BCUT2D eigenvalue weighted by Gasteiger charge is -2.38. The molecule has 1 aromatic heterocycles. The fourth-order valence-corrected chi connectivity index (χ4v) is 4.24. The van der Waals surface area contributed by atoms with Gasteiger partial charge in [0.25, 0.3) is 0 Å². The molecule has 1 saturated heterocycles. The van der Waals surface area contributed by atoms with E-state index in [1.165, 1.54) is 12.0 Å². The number of pyridine rings is 1. The Morgan fingerprint density at radius 2 is 1.90 bits per heavy atom. The van der Waals surface area contributed by atoms with E-state index in [1.807, 2.05) is 45.2 Å². The molecule has 0 spiro atoms. The first-order chi connectivity index (χ1) is 14.3. The number of nitrogens with zero attached hydrogens (tertiary/aromatic N) is 2. The third kappa shape index (κ3) is 6.15. The van der Waals surface area contributed by atoms with E-state index >= 15 is 0 Å². The van der Waals surface area contributed by atoms with Crippen molar-refractivity contribution in [3.05, 3.63) is 66.0 Å². The first-order valence-corrected chi connectivity index (χ1v) is 11.3. The van der Waals surface area contributed by atoms with Crippen molar-refractivity contribution in [2.75, 3.05) is 19.6 Å². The minimum Gasteiger partial charge on any atom is -0.347 e. The Morgan fingerprint density at radius 1 is 1.17 bits per heavy atom. The van der Waals surface area contributed by atoms with Crippen LogP contribution in [0.25, 0.3) is 0 Å². The van der Waals surface area contributed by atoms with Gasteiger partial charge in [-0.2, -0.15) is 0 Å². The molecule has 3 rings (SSSR count). The van der Waals surface area contributed by atoms with Crippen LogP contribution in [0.15, 0.2) is 54.7 Å². The average molecular weight is 408 g/mol. The maximum Gasteiger partial charge on any atom is 0.225 e. The third-order valence-corrected chi connectivity index (χ3v) is 6.23. The van der Waals surface area contributed by atoms with Gasteiger partial charge in [0.15, 0.2) is 0 Å². The van der Waals surface area contributed by atoms with Gasteiger partial charge in [0.2, 0.25) is 5.91 Å². The quantitative estimate of drug-likeness (QED) is 0.687. The van der Waals surface area contributed by atoms with Crippen LogP contribution >= 0.6 is 0 Å². The fourth-order valence-electron chi connectivity index (χ4n) is 4.24. The molecule has 3 atom stereocenters. The summed E-state index contributed by atoms with van der Waals surface area (Å²) in [5.74, 6) is 1.03. The summed E-state index contributed by atoms with van der Waals surface area (Å²) in [4.78, 5) is 20.0. The van der Waals surface area contributed by atoms with Crippen molar-refractivity contribution < 1.29 is 4.79 Å². The van der Waals surface area contributed by atoms with Gasteiger partial charge < -0.3 is 10.2 Å². The number of carbonyl (C=O) groups excluding carboxylic acids is 1. The normalized spacial score (nSPS) is 19.8. The number of piperidine rings is 1. The highest BCUT2D eigenvalue weighted by Crippen LogP contribution is 2.31. The molecule has 0 bridgehead atoms. The van der Waals surface area contributed by atoms with Crippen molar-refractivity contribution in [2.45, 2.75) is 58.9 Å². The molecule has 162 valence electrons. The topological polar surface area (TPSA) is 45.2 Å². The maximum absolute atomic E-state index is 12.8. The van der Waals surface area contributed by atoms with Crippen molar-refractivity contribution in [3.8, 4) is 0 Å². The Bertz CT molecular complexity index is 785. The van der Waals surface area contributed by atoms with Crippen molar-refractivity contribution in [1.29, 1.82) is 0 Å². The van der Waals surface area contributed by atoms with E-state index in [0.717, 1.165) is 38.2 Å². The summed E-state index contributed by atoms with van der Waals surface area (Å²) in [5, 5.41) is 3.33. The molecular weight excluding hydrogens is 370 g/mol. The number of hydrogen-bond acceptors (Lipinski definition) is 3. The number of nitrogens with one attached hydrogen (secondary N) is 1. The van der Waals surface area contributed by atoms with Crippen LogP contribution < -0.4 is 5.32 Å². The first-order valence-electron chi connectivity index (χ1n) is 11.3. The summed E-state index contributed by atoms with van der Waals surface area (Å²) in [7, 11) is 0. The van der Waals surface area contributed by atoms with Gasteiger partial charge in [-0.3, -0.25) is 9.78 Å². The fraction of sp³-hybridized carbons (Fsp3) is 0.538. The molecule has 1 fully saturated rings. The van der Waals surface area contributed by atoms with Crippen LogP contribution in [-0.4, -0.2) is 35.4 Å². The standard InChI is InChI=1S/C26H37N3O/c1-20(21-11-6-5-7-12-21)15-18-29-17-10-13-22(19-29)24(23-14-8-9-16-27-23)28-25(30)26(2,3)4/h5-9,11-12,14,16,20,22,24H,10,13,15,17-19H2,1-4H3,(H,28,30)/t20-,22+,24+/m1/s1. The zero-order chi connectivity index (χ0) is 21.6. The second kappa shape index (κ2) is 10.2. The van der Waals surface area contributed by atoms with Crippen LogP contribution in [-0.2, 0) is 4.79 Å². The highest BCUT2D eigenvalue weighted by atomic mass is 16.2. The van der Waals surface area contributed by atoms with E-state index < -0.39 is 5.41 Å². The third-order valence-electron chi connectivity index (χ3n) is 6.23. The second-order valence-corrected chi connectivity index (χ2v) is 9.76. The Morgan fingerprint density at radius 3 is 2.57 bits per heavy atom. The second-order valence-electron chi connectivity index (χ2n) is 9.76. The lowest BCUT2D eigenvalue weighted by Crippen LogP contribution is -2.46. The number of likely N-dealkylation sites (tertiary alicyclic amines) is 1. The van der Waals surface area contributed by atoms with Crippen molar-refractivity contribution in [2.24, 2.45) is 11.3 Å². The van der Waals surface area contributed by atoms with Crippen molar-refractivity contribution >= 4 is 5.91 Å². The van der Waals surface area contributed by atoms with Gasteiger partial charge in [0.1, 0.15) is 0 Å². The van der Waals surface area contributed by atoms with Gasteiger partial charge in [0, 0.05) is 18.2 Å². The highest BCUT2D eigenvalue weighted by molar-refractivity contribution is 5.81. The smallest absolute Gasteiger partial charge is 0.225 e. The van der Waals surface area contributed by atoms with E-state index in [2.05, 4.69) is 52.5 Å². The molecule has 2 aromatic rings. The Hall–Kier alpha value is -2.20. The summed E-state index contributed by atoms with van der Waals surface area (Å²) >= 11 is 0. The van der Waals surface area contributed by atoms with E-state index in [9.17, 15) is 4.79 Å². The van der Waals surface area contributed by atoms with Gasteiger partial charge in [-0.25, -0.2) is 0 Å². The Labute approximate surface area is 182 Å². The number of benzene rings is 1. The first kappa shape index (κ1) is 22.5. The lowest BCUT2D eigenvalue weighted by molar-refractivity contribution is -0.130. The molecule has 1 N–H and O–H groups in total. The summed E-state index contributed by atoms with van der Waals surface area (Å²) in [5.41, 5.74) is 1.97. The van der Waals surface area contributed by atoms with Crippen molar-refractivity contribution in [3.63, 3.8) is 0 Å². The van der Waals surface area contributed by atoms with Crippen LogP contribution in [0.1, 0.15) is 70.2 Å². The molecule has 1 aliphatic rings. The predicted octanol–water partition coefficient (Wildman–Crippen LogP) is 5.19. The Balaban J connectivity index is 1.66. The number of aromatic nitrogens is 1. The molecule has 1 amide bonds. The molecule has 0 radical (unpaired) electrons. The van der Waals surface area contributed by atoms with Crippen LogP contribution in [0, 0.1) is 11.3 Å². The minimum absolute atomic E-state index is 0.0349.